The summed E-state index contributed by atoms with van der Waals surface area (Å²) in [6, 6.07) is 0. The standard InChI is InChI=1S/C27H28N2O7/c1-14-16-5-6-17-26-12-34-23(32)20(26)25(2,3)9-8-18(26)35-24(33)27(17,21(14)31)22(16)36-19(30)7-4-15-10-28-13-29-11-15/h4,7,10-11,13,16-18,20,22H,1,5-6,8-9,12H2,2-3H3/b7-4+/t16-,17+,18-,20+,22+,26-,27-/m0/s1. The van der Waals surface area contributed by atoms with Gasteiger partial charge in [-0.15, -0.1) is 0 Å². The maximum Gasteiger partial charge on any atom is 0.331 e. The zero-order valence-electron chi connectivity index (χ0n) is 20.3. The predicted octanol–water partition coefficient (Wildman–Crippen LogP) is 2.46. The van der Waals surface area contributed by atoms with Crippen LogP contribution in [0.2, 0.25) is 0 Å². The van der Waals surface area contributed by atoms with E-state index in [1.165, 1.54) is 18.5 Å². The van der Waals surface area contributed by atoms with Gasteiger partial charge in [0.25, 0.3) is 0 Å². The summed E-state index contributed by atoms with van der Waals surface area (Å²) in [6.45, 7) is 8.14. The number of Topliss-reactive ketones (excluding diaryl/α,β-unsaturated/α-hetero) is 1. The molecule has 0 unspecified atom stereocenters. The molecule has 2 spiro atoms. The molecule has 6 rings (SSSR count). The van der Waals surface area contributed by atoms with E-state index in [-0.39, 0.29) is 18.1 Å². The van der Waals surface area contributed by atoms with Gasteiger partial charge in [0.1, 0.15) is 25.1 Å². The number of nitrogens with zero attached hydrogens (tertiary/aromatic N) is 2. The first kappa shape index (κ1) is 23.1. The molecule has 0 aromatic carbocycles. The second kappa shape index (κ2) is 7.57. The zero-order valence-corrected chi connectivity index (χ0v) is 20.3. The van der Waals surface area contributed by atoms with Crippen LogP contribution in [0.1, 0.15) is 45.1 Å². The van der Waals surface area contributed by atoms with Gasteiger partial charge in [0, 0.05) is 30.0 Å². The highest BCUT2D eigenvalue weighted by Crippen LogP contribution is 2.71. The molecule has 1 aromatic heterocycles. The first-order valence-electron chi connectivity index (χ1n) is 12.4. The maximum absolute atomic E-state index is 13.9. The second-order valence-corrected chi connectivity index (χ2v) is 11.4. The van der Waals surface area contributed by atoms with E-state index in [1.54, 1.807) is 12.4 Å². The Hall–Kier alpha value is -3.36. The third-order valence-electron chi connectivity index (χ3n) is 9.39. The number of aromatic nitrogens is 2. The number of carbonyl (C=O) groups excluding carboxylic acids is 4. The molecule has 0 N–H and O–H groups in total. The molecule has 7 atom stereocenters. The second-order valence-electron chi connectivity index (χ2n) is 11.4. The van der Waals surface area contributed by atoms with Crippen molar-refractivity contribution in [1.29, 1.82) is 0 Å². The van der Waals surface area contributed by atoms with Crippen molar-refractivity contribution in [3.63, 3.8) is 0 Å². The van der Waals surface area contributed by atoms with Crippen molar-refractivity contribution in [2.45, 2.75) is 51.7 Å². The molecule has 9 nitrogen and oxygen atoms in total. The molecule has 3 heterocycles. The van der Waals surface area contributed by atoms with E-state index < -0.39 is 63.9 Å². The molecule has 5 fully saturated rings. The van der Waals surface area contributed by atoms with Gasteiger partial charge in [-0.2, -0.15) is 0 Å². The van der Waals surface area contributed by atoms with Crippen molar-refractivity contribution >= 4 is 29.8 Å². The fourth-order valence-corrected chi connectivity index (χ4v) is 8.01. The maximum atomic E-state index is 13.9. The van der Waals surface area contributed by atoms with Gasteiger partial charge in [-0.25, -0.2) is 14.8 Å². The number of rotatable bonds is 3. The number of carbonyl (C=O) groups is 4. The molecule has 0 amide bonds. The van der Waals surface area contributed by atoms with Gasteiger partial charge in [0.15, 0.2) is 11.2 Å². The summed E-state index contributed by atoms with van der Waals surface area (Å²) < 4.78 is 17.6. The van der Waals surface area contributed by atoms with Crippen molar-refractivity contribution in [1.82, 2.24) is 9.97 Å². The predicted molar refractivity (Wildman–Crippen MR) is 124 cm³/mol. The van der Waals surface area contributed by atoms with Crippen molar-refractivity contribution < 1.29 is 33.4 Å². The highest BCUT2D eigenvalue weighted by Gasteiger charge is 2.81. The van der Waals surface area contributed by atoms with E-state index in [0.717, 1.165) is 0 Å². The molecule has 1 aromatic rings. The van der Waals surface area contributed by atoms with Gasteiger partial charge in [-0.05, 0) is 48.7 Å². The lowest BCUT2D eigenvalue weighted by Crippen LogP contribution is -2.71. The number of hydrogen-bond donors (Lipinski definition) is 0. The van der Waals surface area contributed by atoms with Crippen LogP contribution in [0.4, 0.5) is 0 Å². The molecule has 2 saturated heterocycles. The van der Waals surface area contributed by atoms with Crippen LogP contribution in [-0.4, -0.2) is 52.5 Å². The number of ketones is 1. The summed E-state index contributed by atoms with van der Waals surface area (Å²) in [6.07, 6.45) is 7.95. The van der Waals surface area contributed by atoms with E-state index in [2.05, 4.69) is 16.5 Å². The Labute approximate surface area is 208 Å². The Morgan fingerprint density at radius 3 is 2.67 bits per heavy atom. The van der Waals surface area contributed by atoms with Gasteiger partial charge in [-0.1, -0.05) is 20.4 Å². The largest absolute Gasteiger partial charge is 0.465 e. The first-order chi connectivity index (χ1) is 17.1. The van der Waals surface area contributed by atoms with Crippen LogP contribution in [0, 0.1) is 34.0 Å². The molecule has 2 bridgehead atoms. The quantitative estimate of drug-likeness (QED) is 0.271. The SMILES string of the molecule is C=C1C(=O)[C@@]23C(=O)O[C@H]4CCC(C)(C)[C@H]5C(=O)OC[C@]45[C@H]2CC[C@@H]1[C@H]3OC(=O)/C=C/c1cncnc1. The van der Waals surface area contributed by atoms with E-state index in [4.69, 9.17) is 14.2 Å². The Balaban J connectivity index is 1.42. The Bertz CT molecular complexity index is 1220. The lowest BCUT2D eigenvalue weighted by molar-refractivity contribution is -0.246. The average molecular weight is 493 g/mol. The van der Waals surface area contributed by atoms with Crippen molar-refractivity contribution in [2.75, 3.05) is 6.61 Å². The van der Waals surface area contributed by atoms with E-state index in [9.17, 15) is 19.2 Å². The summed E-state index contributed by atoms with van der Waals surface area (Å²) in [4.78, 5) is 61.5. The van der Waals surface area contributed by atoms with Crippen LogP contribution in [0.5, 0.6) is 0 Å². The van der Waals surface area contributed by atoms with Crippen LogP contribution in [-0.2, 0) is 33.4 Å². The Morgan fingerprint density at radius 1 is 1.17 bits per heavy atom. The normalized spacial score (nSPS) is 40.2. The van der Waals surface area contributed by atoms with Gasteiger partial charge < -0.3 is 14.2 Å². The van der Waals surface area contributed by atoms with Crippen LogP contribution in [0.15, 0.2) is 36.9 Å². The van der Waals surface area contributed by atoms with Crippen LogP contribution in [0.3, 0.4) is 0 Å². The minimum Gasteiger partial charge on any atom is -0.465 e. The zero-order chi connectivity index (χ0) is 25.5. The van der Waals surface area contributed by atoms with Crippen molar-refractivity contribution in [2.24, 2.45) is 34.0 Å². The molecular weight excluding hydrogens is 464 g/mol. The minimum atomic E-state index is -1.73. The minimum absolute atomic E-state index is 0.0866. The summed E-state index contributed by atoms with van der Waals surface area (Å²) in [5, 5.41) is 0. The lowest BCUT2D eigenvalue weighted by atomic mass is 9.43. The van der Waals surface area contributed by atoms with Crippen LogP contribution < -0.4 is 0 Å². The molecule has 3 saturated carbocycles. The van der Waals surface area contributed by atoms with Crippen LogP contribution in [0.25, 0.3) is 6.08 Å². The van der Waals surface area contributed by atoms with Crippen molar-refractivity contribution in [3.8, 4) is 0 Å². The molecule has 3 aliphatic carbocycles. The van der Waals surface area contributed by atoms with E-state index in [0.29, 0.717) is 31.2 Å². The Morgan fingerprint density at radius 2 is 1.92 bits per heavy atom. The summed E-state index contributed by atoms with van der Waals surface area (Å²) in [5.41, 5.74) is -2.09. The monoisotopic (exact) mass is 492 g/mol. The van der Waals surface area contributed by atoms with Crippen molar-refractivity contribution in [3.05, 3.63) is 42.5 Å². The van der Waals surface area contributed by atoms with E-state index in [1.807, 2.05) is 13.8 Å². The molecule has 5 aliphatic rings. The molecule has 0 radical (unpaired) electrons. The van der Waals surface area contributed by atoms with Gasteiger partial charge >= 0.3 is 17.9 Å². The average Bonchev–Trinajstić information content (AvgIpc) is 3.27. The third kappa shape index (κ3) is 2.77. The summed E-state index contributed by atoms with van der Waals surface area (Å²) >= 11 is 0. The number of fused-ring (bicyclic) bond motifs is 1. The highest BCUT2D eigenvalue weighted by atomic mass is 16.6. The van der Waals surface area contributed by atoms with E-state index >= 15 is 0 Å². The topological polar surface area (TPSA) is 122 Å². The van der Waals surface area contributed by atoms with Gasteiger partial charge in [0.2, 0.25) is 0 Å². The highest BCUT2D eigenvalue weighted by molar-refractivity contribution is 6.16. The molecule has 2 aliphatic heterocycles. The molecule has 188 valence electrons. The number of esters is 3. The molecular formula is C27H28N2O7. The van der Waals surface area contributed by atoms with Crippen LogP contribution >= 0.6 is 0 Å². The number of ether oxygens (including phenoxy) is 3. The smallest absolute Gasteiger partial charge is 0.331 e. The first-order valence-corrected chi connectivity index (χ1v) is 12.4. The Kier molecular flexibility index (Phi) is 4.85. The summed E-state index contributed by atoms with van der Waals surface area (Å²) in [5.74, 6) is -3.68. The summed E-state index contributed by atoms with van der Waals surface area (Å²) in [7, 11) is 0. The fraction of sp³-hybridized carbons (Fsp3) is 0.556. The molecule has 36 heavy (non-hydrogen) atoms. The van der Waals surface area contributed by atoms with Gasteiger partial charge in [-0.3, -0.25) is 14.4 Å². The number of hydrogen-bond acceptors (Lipinski definition) is 9. The third-order valence-corrected chi connectivity index (χ3v) is 9.39. The van der Waals surface area contributed by atoms with Gasteiger partial charge in [0.05, 0.1) is 11.3 Å². The fourth-order valence-electron chi connectivity index (χ4n) is 8.01. The number of cyclic esters (lactones) is 1. The molecule has 9 heteroatoms. The lowest BCUT2D eigenvalue weighted by Gasteiger charge is -2.61.